The van der Waals surface area contributed by atoms with Gasteiger partial charge in [0.1, 0.15) is 11.5 Å². The van der Waals surface area contributed by atoms with Gasteiger partial charge in [0.05, 0.1) is 5.69 Å². The van der Waals surface area contributed by atoms with E-state index in [2.05, 4.69) is 15.1 Å². The molecular formula is C13H14ClF3N4. The molecule has 0 spiro atoms. The van der Waals surface area contributed by atoms with Gasteiger partial charge in [0.2, 0.25) is 0 Å². The van der Waals surface area contributed by atoms with E-state index in [0.29, 0.717) is 36.6 Å². The van der Waals surface area contributed by atoms with Crippen LogP contribution in [0.4, 0.5) is 13.2 Å². The summed E-state index contributed by atoms with van der Waals surface area (Å²) < 4.78 is 38.1. The van der Waals surface area contributed by atoms with E-state index in [9.17, 15) is 13.2 Å². The Labute approximate surface area is 124 Å². The van der Waals surface area contributed by atoms with Crippen LogP contribution in [0.1, 0.15) is 37.4 Å². The molecular weight excluding hydrogens is 305 g/mol. The van der Waals surface area contributed by atoms with Crippen LogP contribution in [0, 0.1) is 0 Å². The molecule has 0 fully saturated rings. The molecule has 0 atom stereocenters. The van der Waals surface area contributed by atoms with Gasteiger partial charge in [0, 0.05) is 12.0 Å². The number of hydrogen-bond acceptors (Lipinski definition) is 3. The molecule has 0 aromatic carbocycles. The molecule has 0 aliphatic heterocycles. The Kier molecular flexibility index (Phi) is 5.17. The van der Waals surface area contributed by atoms with Crippen LogP contribution in [0.5, 0.6) is 0 Å². The Morgan fingerprint density at radius 3 is 2.71 bits per heavy atom. The van der Waals surface area contributed by atoms with Gasteiger partial charge in [-0.1, -0.05) is 18.5 Å². The Hall–Kier alpha value is -1.63. The lowest BCUT2D eigenvalue weighted by molar-refractivity contribution is 0.367. The highest BCUT2D eigenvalue weighted by atomic mass is 35.5. The summed E-state index contributed by atoms with van der Waals surface area (Å²) >= 11 is 6.28. The Balaban J connectivity index is 2.10. The Morgan fingerprint density at radius 2 is 2.05 bits per heavy atom. The molecule has 2 aromatic rings. The molecule has 4 nitrogen and oxygen atoms in total. The second-order valence-electron chi connectivity index (χ2n) is 4.53. The topological polar surface area (TPSA) is 43.1 Å². The smallest absolute Gasteiger partial charge is 0.216 e. The van der Waals surface area contributed by atoms with E-state index in [1.165, 1.54) is 10.8 Å². The van der Waals surface area contributed by atoms with Gasteiger partial charge < -0.3 is 0 Å². The predicted molar refractivity (Wildman–Crippen MR) is 73.1 cm³/mol. The normalized spacial score (nSPS) is 11.1. The first kappa shape index (κ1) is 15.8. The third-order valence-electron chi connectivity index (χ3n) is 3.16. The minimum Gasteiger partial charge on any atom is -0.216 e. The number of nitrogens with zero attached hydrogens (tertiary/aromatic N) is 4. The number of halogens is 4. The fraction of sp³-hybridized carbons (Fsp3) is 0.462. The molecule has 21 heavy (non-hydrogen) atoms. The molecule has 114 valence electrons. The van der Waals surface area contributed by atoms with E-state index in [1.807, 2.05) is 6.92 Å². The first-order valence-corrected chi connectivity index (χ1v) is 6.99. The second kappa shape index (κ2) is 6.89. The fourth-order valence-electron chi connectivity index (χ4n) is 2.10. The van der Waals surface area contributed by atoms with E-state index in [4.69, 9.17) is 11.6 Å². The number of fused-ring (bicyclic) bond motifs is 1. The molecule has 2 rings (SSSR count). The summed E-state index contributed by atoms with van der Waals surface area (Å²) in [5.74, 6) is -0.921. The summed E-state index contributed by atoms with van der Waals surface area (Å²) in [6, 6.07) is 0. The van der Waals surface area contributed by atoms with Crippen molar-refractivity contribution in [1.82, 2.24) is 19.6 Å². The van der Waals surface area contributed by atoms with E-state index >= 15 is 0 Å². The molecule has 0 N–H and O–H groups in total. The van der Waals surface area contributed by atoms with Crippen LogP contribution in [-0.2, 0) is 12.8 Å². The van der Waals surface area contributed by atoms with Gasteiger partial charge in [0.25, 0.3) is 5.78 Å². The lowest BCUT2D eigenvalue weighted by Gasteiger charge is -2.10. The molecule has 0 unspecified atom stereocenters. The zero-order chi connectivity index (χ0) is 15.4. The first-order valence-electron chi connectivity index (χ1n) is 6.61. The molecule has 2 aromatic heterocycles. The van der Waals surface area contributed by atoms with Gasteiger partial charge in [0.15, 0.2) is 5.83 Å². The van der Waals surface area contributed by atoms with Crippen LogP contribution in [0.15, 0.2) is 18.2 Å². The zero-order valence-corrected chi connectivity index (χ0v) is 12.2. The van der Waals surface area contributed by atoms with E-state index in [1.54, 1.807) is 0 Å². The van der Waals surface area contributed by atoms with E-state index < -0.39 is 11.9 Å². The predicted octanol–water partition coefficient (Wildman–Crippen LogP) is 4.13. The van der Waals surface area contributed by atoms with Crippen LogP contribution in [0.2, 0.25) is 5.15 Å². The van der Waals surface area contributed by atoms with Crippen LogP contribution >= 0.6 is 11.6 Å². The van der Waals surface area contributed by atoms with Gasteiger partial charge in [-0.05, 0) is 25.7 Å². The van der Waals surface area contributed by atoms with Gasteiger partial charge in [-0.25, -0.2) is 9.37 Å². The van der Waals surface area contributed by atoms with Crippen molar-refractivity contribution in [3.05, 3.63) is 34.6 Å². The number of aryl methyl sites for hydroxylation is 1. The number of unbranched alkanes of at least 4 members (excludes halogenated alkanes) is 1. The van der Waals surface area contributed by atoms with Crippen LogP contribution < -0.4 is 0 Å². The van der Waals surface area contributed by atoms with Crippen molar-refractivity contribution in [2.24, 2.45) is 0 Å². The van der Waals surface area contributed by atoms with Crippen molar-refractivity contribution in [3.8, 4) is 0 Å². The summed E-state index contributed by atoms with van der Waals surface area (Å²) in [6.07, 6.45) is 0.917. The highest BCUT2D eigenvalue weighted by Crippen LogP contribution is 2.23. The number of rotatable bonds is 6. The molecule has 2 heterocycles. The minimum atomic E-state index is -2.24. The molecule has 0 saturated heterocycles. The summed E-state index contributed by atoms with van der Waals surface area (Å²) in [5.41, 5.74) is 1.61. The monoisotopic (exact) mass is 318 g/mol. The Morgan fingerprint density at radius 1 is 1.29 bits per heavy atom. The highest BCUT2D eigenvalue weighted by Gasteiger charge is 2.14. The van der Waals surface area contributed by atoms with E-state index in [0.717, 1.165) is 11.3 Å². The molecule has 0 amide bonds. The number of hydrogen-bond donors (Lipinski definition) is 0. The SMILES string of the molecule is CCc1nc2ncnn2c(Cl)c1CCCCC(F)=C(F)F. The van der Waals surface area contributed by atoms with Crippen molar-refractivity contribution < 1.29 is 13.2 Å². The van der Waals surface area contributed by atoms with Gasteiger partial charge in [-0.15, -0.1) is 0 Å². The first-order chi connectivity index (χ1) is 10.0. The minimum absolute atomic E-state index is 0.263. The van der Waals surface area contributed by atoms with Crippen LogP contribution in [-0.4, -0.2) is 19.6 Å². The Bertz CT molecular complexity index is 665. The summed E-state index contributed by atoms with van der Waals surface area (Å²) in [4.78, 5) is 8.34. The van der Waals surface area contributed by atoms with Crippen LogP contribution in [0.25, 0.3) is 5.78 Å². The number of aromatic nitrogens is 4. The highest BCUT2D eigenvalue weighted by molar-refractivity contribution is 6.30. The molecule has 0 aliphatic rings. The van der Waals surface area contributed by atoms with Gasteiger partial charge in [-0.2, -0.15) is 23.4 Å². The second-order valence-corrected chi connectivity index (χ2v) is 4.88. The zero-order valence-electron chi connectivity index (χ0n) is 11.4. The average molecular weight is 319 g/mol. The van der Waals surface area contributed by atoms with Crippen molar-refractivity contribution in [3.63, 3.8) is 0 Å². The standard InChI is InChI=1S/C13H14ClF3N4/c1-2-10-8(5-3-4-6-9(15)12(16)17)11(14)21-13(20-10)18-7-19-21/h7H,2-6H2,1H3. The van der Waals surface area contributed by atoms with Crippen molar-refractivity contribution >= 4 is 17.4 Å². The lowest BCUT2D eigenvalue weighted by Crippen LogP contribution is -2.05. The van der Waals surface area contributed by atoms with Gasteiger partial charge in [-0.3, -0.25) is 0 Å². The third kappa shape index (κ3) is 3.53. The fourth-order valence-corrected chi connectivity index (χ4v) is 2.42. The maximum atomic E-state index is 12.7. The average Bonchev–Trinajstić information content (AvgIpc) is 2.93. The molecule has 0 bridgehead atoms. The quantitative estimate of drug-likeness (QED) is 0.594. The maximum Gasteiger partial charge on any atom is 0.301 e. The largest absolute Gasteiger partial charge is 0.301 e. The molecule has 0 saturated carbocycles. The third-order valence-corrected chi connectivity index (χ3v) is 3.55. The molecule has 0 radical (unpaired) electrons. The maximum absolute atomic E-state index is 12.7. The van der Waals surface area contributed by atoms with E-state index in [-0.39, 0.29) is 6.42 Å². The van der Waals surface area contributed by atoms with Crippen molar-refractivity contribution in [2.75, 3.05) is 0 Å². The summed E-state index contributed by atoms with van der Waals surface area (Å²) in [6.45, 7) is 1.94. The van der Waals surface area contributed by atoms with Crippen molar-refractivity contribution in [1.29, 1.82) is 0 Å². The molecule has 0 aliphatic carbocycles. The molecule has 8 heteroatoms. The van der Waals surface area contributed by atoms with Crippen molar-refractivity contribution in [2.45, 2.75) is 39.0 Å². The summed E-state index contributed by atoms with van der Waals surface area (Å²) in [7, 11) is 0. The lowest BCUT2D eigenvalue weighted by atomic mass is 10.1. The van der Waals surface area contributed by atoms with Gasteiger partial charge >= 0.3 is 6.08 Å². The number of allylic oxidation sites excluding steroid dienone is 1. The summed E-state index contributed by atoms with van der Waals surface area (Å²) in [5, 5.41) is 4.40. The van der Waals surface area contributed by atoms with Crippen LogP contribution in [0.3, 0.4) is 0 Å².